The minimum absolute atomic E-state index is 0.0773. The molecule has 3 atom stereocenters. The van der Waals surface area contributed by atoms with E-state index in [1.54, 1.807) is 27.2 Å². The molecule has 40 heavy (non-hydrogen) atoms. The van der Waals surface area contributed by atoms with Crippen molar-refractivity contribution in [1.29, 1.82) is 0 Å². The molecule has 212 valence electrons. The molecule has 2 fully saturated rings. The summed E-state index contributed by atoms with van der Waals surface area (Å²) in [6.45, 7) is 9.35. The molecule has 2 saturated heterocycles. The predicted molar refractivity (Wildman–Crippen MR) is 150 cm³/mol. The number of rotatable bonds is 10. The number of amides is 3. The minimum Gasteiger partial charge on any atom is -0.468 e. The van der Waals surface area contributed by atoms with Crippen LogP contribution in [0.15, 0.2) is 40.4 Å². The molecule has 0 bridgehead atoms. The number of nitrogens with one attached hydrogen (secondary N) is 1. The third-order valence-corrected chi connectivity index (χ3v) is 8.65. The van der Waals surface area contributed by atoms with E-state index in [4.69, 9.17) is 9.26 Å². The van der Waals surface area contributed by atoms with Crippen LogP contribution in [0, 0.1) is 12.8 Å². The lowest BCUT2D eigenvalue weighted by molar-refractivity contribution is -0.141. The van der Waals surface area contributed by atoms with Gasteiger partial charge in [-0.15, -0.1) is 11.3 Å². The average molecular weight is 566 g/mol. The highest BCUT2D eigenvalue weighted by Gasteiger charge is 2.40. The fourth-order valence-corrected chi connectivity index (χ4v) is 6.20. The highest BCUT2D eigenvalue weighted by Crippen LogP contribution is 2.33. The number of thiazole rings is 1. The number of ether oxygens (including phenoxy) is 1. The van der Waals surface area contributed by atoms with Crippen LogP contribution in [0.2, 0.25) is 0 Å². The van der Waals surface area contributed by atoms with Crippen molar-refractivity contribution >= 4 is 29.6 Å². The van der Waals surface area contributed by atoms with Gasteiger partial charge in [-0.1, -0.05) is 38.1 Å². The lowest BCUT2D eigenvalue weighted by atomic mass is 9.91. The molecule has 10 nitrogen and oxygen atoms in total. The number of hydrogen-bond acceptors (Lipinski definition) is 8. The van der Waals surface area contributed by atoms with Crippen LogP contribution < -0.4 is 10.1 Å². The quantitative estimate of drug-likeness (QED) is 0.370. The van der Waals surface area contributed by atoms with Gasteiger partial charge in [-0.3, -0.25) is 14.4 Å². The SMILES string of the molecule is Cc1ncsc1-c1ccc(C(C)NC(=O)C2CCCN2C(=O)C(c2cc(OC3CN(C=O)C3)no2)C(C)C)cc1. The number of likely N-dealkylation sites (tertiary alicyclic amines) is 2. The first-order valence-corrected chi connectivity index (χ1v) is 14.6. The molecule has 0 spiro atoms. The Kier molecular flexibility index (Phi) is 8.20. The molecule has 3 amide bonds. The Hall–Kier alpha value is -3.73. The molecule has 0 saturated carbocycles. The maximum Gasteiger partial charge on any atom is 0.254 e. The van der Waals surface area contributed by atoms with Gasteiger partial charge in [0.2, 0.25) is 18.2 Å². The number of aromatic nitrogens is 2. The van der Waals surface area contributed by atoms with E-state index >= 15 is 0 Å². The largest absolute Gasteiger partial charge is 0.468 e. The van der Waals surface area contributed by atoms with Crippen molar-refractivity contribution in [3.63, 3.8) is 0 Å². The van der Waals surface area contributed by atoms with Crippen molar-refractivity contribution in [3.05, 3.63) is 52.9 Å². The zero-order chi connectivity index (χ0) is 28.4. The van der Waals surface area contributed by atoms with Gasteiger partial charge in [0.1, 0.15) is 18.1 Å². The molecule has 1 N–H and O–H groups in total. The summed E-state index contributed by atoms with van der Waals surface area (Å²) in [5, 5.41) is 7.11. The summed E-state index contributed by atoms with van der Waals surface area (Å²) in [5.74, 6) is -0.266. The van der Waals surface area contributed by atoms with E-state index in [1.807, 2.05) is 45.3 Å². The van der Waals surface area contributed by atoms with Crippen molar-refractivity contribution in [2.45, 2.75) is 64.6 Å². The molecule has 2 aliphatic heterocycles. The second-order valence-electron chi connectivity index (χ2n) is 10.9. The fourth-order valence-electron chi connectivity index (χ4n) is 5.39. The van der Waals surface area contributed by atoms with E-state index in [2.05, 4.69) is 27.6 Å². The summed E-state index contributed by atoms with van der Waals surface area (Å²) >= 11 is 1.61. The average Bonchev–Trinajstić information content (AvgIpc) is 3.67. The van der Waals surface area contributed by atoms with Gasteiger partial charge >= 0.3 is 0 Å². The lowest BCUT2D eigenvalue weighted by Gasteiger charge is -2.35. The number of aryl methyl sites for hydroxylation is 1. The first-order chi connectivity index (χ1) is 19.2. The van der Waals surface area contributed by atoms with Crippen LogP contribution in [-0.2, 0) is 14.4 Å². The highest BCUT2D eigenvalue weighted by molar-refractivity contribution is 7.13. The van der Waals surface area contributed by atoms with Gasteiger partial charge in [0.15, 0.2) is 5.76 Å². The molecular weight excluding hydrogens is 530 g/mol. The Balaban J connectivity index is 1.23. The van der Waals surface area contributed by atoms with Gasteiger partial charge in [0, 0.05) is 12.6 Å². The Bertz CT molecular complexity index is 1350. The van der Waals surface area contributed by atoms with E-state index in [0.717, 1.165) is 34.5 Å². The van der Waals surface area contributed by atoms with E-state index < -0.39 is 12.0 Å². The Labute approximate surface area is 237 Å². The summed E-state index contributed by atoms with van der Waals surface area (Å²) < 4.78 is 11.3. The van der Waals surface area contributed by atoms with Crippen molar-refractivity contribution in [2.75, 3.05) is 19.6 Å². The molecular formula is C29H35N5O5S. The smallest absolute Gasteiger partial charge is 0.254 e. The Morgan fingerprint density at radius 1 is 1.20 bits per heavy atom. The molecule has 5 rings (SSSR count). The highest BCUT2D eigenvalue weighted by atomic mass is 32.1. The second-order valence-corrected chi connectivity index (χ2v) is 11.8. The van der Waals surface area contributed by atoms with Crippen LogP contribution in [0.3, 0.4) is 0 Å². The number of hydrogen-bond donors (Lipinski definition) is 1. The number of carbonyl (C=O) groups excluding carboxylic acids is 3. The summed E-state index contributed by atoms with van der Waals surface area (Å²) in [5.41, 5.74) is 4.94. The van der Waals surface area contributed by atoms with Gasteiger partial charge < -0.3 is 24.4 Å². The van der Waals surface area contributed by atoms with Gasteiger partial charge in [0.25, 0.3) is 5.88 Å². The van der Waals surface area contributed by atoms with Gasteiger partial charge in [0.05, 0.1) is 35.2 Å². The summed E-state index contributed by atoms with van der Waals surface area (Å²) in [6.07, 6.45) is 2.01. The van der Waals surface area contributed by atoms with Crippen molar-refractivity contribution in [1.82, 2.24) is 25.3 Å². The van der Waals surface area contributed by atoms with E-state index in [1.165, 1.54) is 0 Å². The van der Waals surface area contributed by atoms with E-state index in [-0.39, 0.29) is 29.9 Å². The van der Waals surface area contributed by atoms with Crippen LogP contribution >= 0.6 is 11.3 Å². The summed E-state index contributed by atoms with van der Waals surface area (Å²) in [4.78, 5) is 46.7. The van der Waals surface area contributed by atoms with E-state index in [9.17, 15) is 14.4 Å². The fraction of sp³-hybridized carbons (Fsp3) is 0.483. The van der Waals surface area contributed by atoms with Crippen molar-refractivity contribution in [2.24, 2.45) is 5.92 Å². The van der Waals surface area contributed by atoms with Crippen LogP contribution in [0.1, 0.15) is 62.6 Å². The molecule has 1 aromatic carbocycles. The first-order valence-electron chi connectivity index (χ1n) is 13.7. The third-order valence-electron chi connectivity index (χ3n) is 7.67. The monoisotopic (exact) mass is 565 g/mol. The van der Waals surface area contributed by atoms with Gasteiger partial charge in [-0.05, 0) is 48.9 Å². The zero-order valence-corrected chi connectivity index (χ0v) is 24.0. The van der Waals surface area contributed by atoms with Gasteiger partial charge in [-0.25, -0.2) is 4.98 Å². The molecule has 2 aromatic heterocycles. The van der Waals surface area contributed by atoms with Gasteiger partial charge in [-0.2, -0.15) is 0 Å². The molecule has 4 heterocycles. The maximum absolute atomic E-state index is 13.8. The van der Waals surface area contributed by atoms with Crippen LogP contribution in [0.25, 0.3) is 10.4 Å². The molecule has 0 radical (unpaired) electrons. The maximum atomic E-state index is 13.8. The third kappa shape index (κ3) is 5.74. The first kappa shape index (κ1) is 27.8. The molecule has 11 heteroatoms. The number of carbonyl (C=O) groups is 3. The molecule has 3 aromatic rings. The normalized spacial score (nSPS) is 18.9. The topological polar surface area (TPSA) is 118 Å². The van der Waals surface area contributed by atoms with Crippen molar-refractivity contribution < 1.29 is 23.6 Å². The Morgan fingerprint density at radius 2 is 1.95 bits per heavy atom. The zero-order valence-electron chi connectivity index (χ0n) is 23.2. The summed E-state index contributed by atoms with van der Waals surface area (Å²) in [7, 11) is 0. The second kappa shape index (κ2) is 11.8. The molecule has 0 aliphatic carbocycles. The minimum atomic E-state index is -0.591. The summed E-state index contributed by atoms with van der Waals surface area (Å²) in [6, 6.07) is 9.05. The molecule has 2 aliphatic rings. The van der Waals surface area contributed by atoms with Crippen LogP contribution in [-0.4, -0.2) is 69.9 Å². The molecule has 3 unspecified atom stereocenters. The van der Waals surface area contributed by atoms with Crippen molar-refractivity contribution in [3.8, 4) is 16.3 Å². The predicted octanol–water partition coefficient (Wildman–Crippen LogP) is 3.93. The lowest BCUT2D eigenvalue weighted by Crippen LogP contribution is -2.52. The Morgan fingerprint density at radius 3 is 2.60 bits per heavy atom. The standard InChI is InChI=1S/C29H35N5O5S/c1-17(2)26(24-12-25(32-39-24)38-22-13-33(14-22)16-35)29(37)34-11-5-6-23(34)28(36)31-18(3)20-7-9-21(10-8-20)27-19(4)30-15-40-27/h7-10,12,15-18,22-23,26H,5-6,11,13-14H2,1-4H3,(H,31,36). The number of nitrogens with zero attached hydrogens (tertiary/aromatic N) is 4. The number of benzene rings is 1. The van der Waals surface area contributed by atoms with E-state index in [0.29, 0.717) is 37.7 Å². The van der Waals surface area contributed by atoms with Crippen LogP contribution in [0.4, 0.5) is 0 Å². The van der Waals surface area contributed by atoms with Crippen LogP contribution in [0.5, 0.6) is 5.88 Å².